The summed E-state index contributed by atoms with van der Waals surface area (Å²) in [6, 6.07) is 0. The average Bonchev–Trinajstić information content (AvgIpc) is 2.79. The van der Waals surface area contributed by atoms with E-state index in [4.69, 9.17) is 5.73 Å². The second-order valence-electron chi connectivity index (χ2n) is 3.90. The van der Waals surface area contributed by atoms with Gasteiger partial charge in [-0.2, -0.15) is 0 Å². The van der Waals surface area contributed by atoms with Crippen LogP contribution in [0, 0.1) is 0 Å². The van der Waals surface area contributed by atoms with Crippen molar-refractivity contribution in [2.75, 3.05) is 37.8 Å². The summed E-state index contributed by atoms with van der Waals surface area (Å²) in [6.07, 6.45) is 0.239. The predicted molar refractivity (Wildman–Crippen MR) is 76.5 cm³/mol. The summed E-state index contributed by atoms with van der Waals surface area (Å²) in [5, 5.41) is 5.84. The molecule has 0 fully saturated rings. The monoisotopic (exact) mass is 285 g/mol. The molecule has 0 spiro atoms. The van der Waals surface area contributed by atoms with Gasteiger partial charge in [0.05, 0.1) is 0 Å². The van der Waals surface area contributed by atoms with Crippen LogP contribution in [0.5, 0.6) is 0 Å². The Balaban J connectivity index is 2.62. The molecule has 0 aliphatic heterocycles. The molecule has 4 N–H and O–H groups in total. The van der Waals surface area contributed by atoms with Crippen LogP contribution in [-0.4, -0.2) is 44.0 Å². The molecule has 0 aromatic carbocycles. The van der Waals surface area contributed by atoms with Gasteiger partial charge in [-0.3, -0.25) is 9.59 Å². The number of hydrogen-bond donors (Lipinski definition) is 3. The minimum Gasteiger partial charge on any atom is -0.382 e. The molecule has 8 heteroatoms. The zero-order valence-electron chi connectivity index (χ0n) is 11.3. The summed E-state index contributed by atoms with van der Waals surface area (Å²) < 4.78 is 0. The third-order valence-electron chi connectivity index (χ3n) is 2.57. The third kappa shape index (κ3) is 4.09. The van der Waals surface area contributed by atoms with E-state index in [1.807, 2.05) is 18.9 Å². The van der Waals surface area contributed by atoms with Crippen molar-refractivity contribution in [1.29, 1.82) is 0 Å². The standard InChI is InChI=1S/C11H19N5O2S/c1-4-16(3)11-15-9(12)8(19-11)10(18)14-6-5-7(17)13-2/h4-6,12H2,1-3H3,(H,13,17)(H,14,18). The molecule has 0 saturated heterocycles. The van der Waals surface area contributed by atoms with Gasteiger partial charge in [-0.25, -0.2) is 4.98 Å². The van der Waals surface area contributed by atoms with Crippen LogP contribution in [0.4, 0.5) is 10.9 Å². The first kappa shape index (κ1) is 15.2. The lowest BCUT2D eigenvalue weighted by molar-refractivity contribution is -0.120. The molecule has 1 aromatic heterocycles. The van der Waals surface area contributed by atoms with Crippen molar-refractivity contribution in [3.63, 3.8) is 0 Å². The van der Waals surface area contributed by atoms with Crippen LogP contribution >= 0.6 is 11.3 Å². The van der Waals surface area contributed by atoms with Crippen LogP contribution in [0.3, 0.4) is 0 Å². The number of hydrogen-bond acceptors (Lipinski definition) is 6. The fourth-order valence-corrected chi connectivity index (χ4v) is 2.20. The quantitative estimate of drug-likeness (QED) is 0.685. The Bertz CT molecular complexity index is 460. The van der Waals surface area contributed by atoms with Gasteiger partial charge in [0.1, 0.15) is 10.7 Å². The van der Waals surface area contributed by atoms with Gasteiger partial charge in [-0.1, -0.05) is 11.3 Å². The zero-order valence-corrected chi connectivity index (χ0v) is 12.1. The number of thiazole rings is 1. The van der Waals surface area contributed by atoms with Crippen LogP contribution < -0.4 is 21.3 Å². The van der Waals surface area contributed by atoms with Crippen molar-refractivity contribution in [2.24, 2.45) is 0 Å². The molecule has 2 amide bonds. The summed E-state index contributed by atoms with van der Waals surface area (Å²) in [7, 11) is 3.43. The van der Waals surface area contributed by atoms with Crippen LogP contribution in [0.25, 0.3) is 0 Å². The lowest BCUT2D eigenvalue weighted by Crippen LogP contribution is -2.29. The second-order valence-corrected chi connectivity index (χ2v) is 4.88. The van der Waals surface area contributed by atoms with Gasteiger partial charge in [-0.15, -0.1) is 0 Å². The molecule has 0 bridgehead atoms. The zero-order chi connectivity index (χ0) is 14.4. The van der Waals surface area contributed by atoms with E-state index < -0.39 is 0 Å². The molecule has 0 aliphatic rings. The number of nitrogen functional groups attached to an aromatic ring is 1. The Morgan fingerprint density at radius 2 is 2.16 bits per heavy atom. The Kier molecular flexibility index (Phi) is 5.56. The molecule has 0 unspecified atom stereocenters. The normalized spacial score (nSPS) is 10.1. The molecule has 0 saturated carbocycles. The van der Waals surface area contributed by atoms with E-state index in [2.05, 4.69) is 15.6 Å². The SMILES string of the molecule is CCN(C)c1nc(N)c(C(=O)NCCC(=O)NC)s1. The highest BCUT2D eigenvalue weighted by molar-refractivity contribution is 7.18. The maximum absolute atomic E-state index is 11.9. The predicted octanol–water partition coefficient (Wildman–Crippen LogP) is 0.0473. The van der Waals surface area contributed by atoms with E-state index in [-0.39, 0.29) is 30.6 Å². The number of nitrogens with two attached hydrogens (primary N) is 1. The fourth-order valence-electron chi connectivity index (χ4n) is 1.28. The molecular formula is C11H19N5O2S. The van der Waals surface area contributed by atoms with Crippen molar-refractivity contribution in [1.82, 2.24) is 15.6 Å². The Morgan fingerprint density at radius 3 is 2.74 bits per heavy atom. The lowest BCUT2D eigenvalue weighted by Gasteiger charge is -2.10. The van der Waals surface area contributed by atoms with Crippen molar-refractivity contribution < 1.29 is 9.59 Å². The molecule has 1 aromatic rings. The summed E-state index contributed by atoms with van der Waals surface area (Å²) in [5.41, 5.74) is 5.73. The van der Waals surface area contributed by atoms with Crippen molar-refractivity contribution in [3.05, 3.63) is 4.88 Å². The maximum Gasteiger partial charge on any atom is 0.265 e. The van der Waals surface area contributed by atoms with Crippen molar-refractivity contribution in [2.45, 2.75) is 13.3 Å². The Labute approximate surface area is 116 Å². The fraction of sp³-hybridized carbons (Fsp3) is 0.545. The van der Waals surface area contributed by atoms with Crippen molar-refractivity contribution >= 4 is 34.1 Å². The lowest BCUT2D eigenvalue weighted by atomic mass is 10.4. The summed E-state index contributed by atoms with van der Waals surface area (Å²) in [6.45, 7) is 3.04. The van der Waals surface area contributed by atoms with Gasteiger partial charge in [0.25, 0.3) is 5.91 Å². The molecule has 106 valence electrons. The molecule has 19 heavy (non-hydrogen) atoms. The number of nitrogens with one attached hydrogen (secondary N) is 2. The largest absolute Gasteiger partial charge is 0.382 e. The second kappa shape index (κ2) is 6.93. The van der Waals surface area contributed by atoms with Gasteiger partial charge in [0.2, 0.25) is 5.91 Å². The molecule has 1 rings (SSSR count). The minimum atomic E-state index is -0.297. The Morgan fingerprint density at radius 1 is 1.47 bits per heavy atom. The first-order valence-electron chi connectivity index (χ1n) is 5.95. The summed E-state index contributed by atoms with van der Waals surface area (Å²) >= 11 is 1.24. The van der Waals surface area contributed by atoms with E-state index in [9.17, 15) is 9.59 Å². The third-order valence-corrected chi connectivity index (χ3v) is 3.75. The van der Waals surface area contributed by atoms with Crippen LogP contribution in [0.15, 0.2) is 0 Å². The number of nitrogens with zero attached hydrogens (tertiary/aromatic N) is 2. The maximum atomic E-state index is 11.9. The molecule has 1 heterocycles. The summed E-state index contributed by atoms with van der Waals surface area (Å²) in [4.78, 5) is 29.3. The topological polar surface area (TPSA) is 100 Å². The molecule has 7 nitrogen and oxygen atoms in total. The molecular weight excluding hydrogens is 266 g/mol. The number of amides is 2. The number of anilines is 2. The minimum absolute atomic E-state index is 0.121. The molecule has 0 aliphatic carbocycles. The van der Waals surface area contributed by atoms with Crippen molar-refractivity contribution in [3.8, 4) is 0 Å². The highest BCUT2D eigenvalue weighted by atomic mass is 32.1. The van der Waals surface area contributed by atoms with Gasteiger partial charge < -0.3 is 21.3 Å². The van der Waals surface area contributed by atoms with E-state index in [0.29, 0.717) is 10.0 Å². The number of carbonyl (C=O) groups is 2. The van der Waals surface area contributed by atoms with Crippen LogP contribution in [-0.2, 0) is 4.79 Å². The van der Waals surface area contributed by atoms with E-state index in [1.165, 1.54) is 11.3 Å². The van der Waals surface area contributed by atoms with Gasteiger partial charge >= 0.3 is 0 Å². The molecule has 0 atom stereocenters. The highest BCUT2D eigenvalue weighted by Gasteiger charge is 2.17. The first-order chi connectivity index (χ1) is 8.99. The molecule has 0 radical (unpaired) electrons. The van der Waals surface area contributed by atoms with Crippen LogP contribution in [0.1, 0.15) is 23.0 Å². The highest BCUT2D eigenvalue weighted by Crippen LogP contribution is 2.27. The number of rotatable bonds is 6. The van der Waals surface area contributed by atoms with E-state index in [0.717, 1.165) is 6.54 Å². The smallest absolute Gasteiger partial charge is 0.265 e. The number of aromatic nitrogens is 1. The van der Waals surface area contributed by atoms with E-state index >= 15 is 0 Å². The summed E-state index contributed by atoms with van der Waals surface area (Å²) in [5.74, 6) is -0.198. The van der Waals surface area contributed by atoms with Gasteiger partial charge in [0.15, 0.2) is 5.13 Å². The van der Waals surface area contributed by atoms with E-state index in [1.54, 1.807) is 7.05 Å². The number of carbonyl (C=O) groups excluding carboxylic acids is 2. The first-order valence-corrected chi connectivity index (χ1v) is 6.77. The van der Waals surface area contributed by atoms with Gasteiger partial charge in [0, 0.05) is 33.6 Å². The van der Waals surface area contributed by atoms with Crippen LogP contribution in [0.2, 0.25) is 0 Å². The average molecular weight is 285 g/mol. The Hall–Kier alpha value is -1.83. The van der Waals surface area contributed by atoms with Gasteiger partial charge in [-0.05, 0) is 6.92 Å².